The maximum atomic E-state index is 14.2. The molecule has 1 unspecified atom stereocenters. The molecule has 4 bridgehead atoms. The van der Waals surface area contributed by atoms with E-state index >= 15 is 0 Å². The third kappa shape index (κ3) is 1.81. The molecular weight excluding hydrogens is 285 g/mol. The summed E-state index contributed by atoms with van der Waals surface area (Å²) in [4.78, 5) is 0. The summed E-state index contributed by atoms with van der Waals surface area (Å²) >= 11 is 6.03. The highest BCUT2D eigenvalue weighted by atomic mass is 35.5. The molecule has 0 amide bonds. The lowest BCUT2D eigenvalue weighted by Crippen LogP contribution is -2.53. The van der Waals surface area contributed by atoms with Crippen LogP contribution in [0.4, 0.5) is 10.1 Å². The van der Waals surface area contributed by atoms with Gasteiger partial charge < -0.3 is 5.32 Å². The number of benzene rings is 1. The van der Waals surface area contributed by atoms with Crippen molar-refractivity contribution in [3.05, 3.63) is 28.5 Å². The van der Waals surface area contributed by atoms with Gasteiger partial charge in [0.15, 0.2) is 0 Å². The molecule has 1 atom stereocenters. The summed E-state index contributed by atoms with van der Waals surface area (Å²) in [5, 5.41) is 4.08. The summed E-state index contributed by atoms with van der Waals surface area (Å²) in [6.07, 6.45) is 9.41. The van der Waals surface area contributed by atoms with E-state index in [4.69, 9.17) is 11.6 Å². The van der Waals surface area contributed by atoms with Crippen molar-refractivity contribution in [2.24, 2.45) is 23.2 Å². The average Bonchev–Trinajstić information content (AvgIpc) is 2.82. The standard InChI is InChI=1S/C18H21ClFN/c19-14-4-13-5-16(21-17(13)15(20)6-14)18-7-10-1-11(8-18)3-12(2-10)9-18/h4,6,10-12,16,21H,1-3,5,7-9H2. The van der Waals surface area contributed by atoms with Crippen LogP contribution in [0, 0.1) is 29.0 Å². The van der Waals surface area contributed by atoms with Crippen molar-refractivity contribution in [3.8, 4) is 0 Å². The Labute approximate surface area is 130 Å². The maximum Gasteiger partial charge on any atom is 0.148 e. The summed E-state index contributed by atoms with van der Waals surface area (Å²) in [6.45, 7) is 0. The number of hydrogen-bond donors (Lipinski definition) is 1. The Bertz CT molecular complexity index is 576. The molecule has 4 fully saturated rings. The number of fused-ring (bicyclic) bond motifs is 1. The zero-order chi connectivity index (χ0) is 14.2. The molecule has 1 aromatic rings. The van der Waals surface area contributed by atoms with Gasteiger partial charge in [0.05, 0.1) is 5.69 Å². The van der Waals surface area contributed by atoms with Gasteiger partial charge in [-0.2, -0.15) is 0 Å². The smallest absolute Gasteiger partial charge is 0.148 e. The van der Waals surface area contributed by atoms with E-state index in [1.165, 1.54) is 44.6 Å². The van der Waals surface area contributed by atoms with Crippen molar-refractivity contribution in [1.29, 1.82) is 0 Å². The lowest BCUT2D eigenvalue weighted by molar-refractivity contribution is -0.0620. The van der Waals surface area contributed by atoms with Crippen LogP contribution in [-0.4, -0.2) is 6.04 Å². The molecule has 5 aliphatic rings. The monoisotopic (exact) mass is 305 g/mol. The molecule has 0 aromatic heterocycles. The average molecular weight is 306 g/mol. The second-order valence-corrected chi connectivity index (χ2v) is 8.54. The minimum absolute atomic E-state index is 0.176. The second-order valence-electron chi connectivity index (χ2n) is 8.10. The fourth-order valence-corrected chi connectivity index (χ4v) is 6.60. The van der Waals surface area contributed by atoms with Gasteiger partial charge in [-0.3, -0.25) is 0 Å². The van der Waals surface area contributed by atoms with E-state index in [0.29, 0.717) is 16.5 Å². The molecule has 0 saturated heterocycles. The van der Waals surface area contributed by atoms with Crippen molar-refractivity contribution in [3.63, 3.8) is 0 Å². The van der Waals surface area contributed by atoms with Crippen molar-refractivity contribution in [2.45, 2.75) is 51.0 Å². The van der Waals surface area contributed by atoms with Gasteiger partial charge >= 0.3 is 0 Å². The molecule has 0 radical (unpaired) electrons. The van der Waals surface area contributed by atoms with E-state index in [2.05, 4.69) is 5.32 Å². The van der Waals surface area contributed by atoms with Gasteiger partial charge in [0.1, 0.15) is 5.82 Å². The van der Waals surface area contributed by atoms with Gasteiger partial charge in [-0.1, -0.05) is 11.6 Å². The first kappa shape index (κ1) is 12.8. The predicted molar refractivity (Wildman–Crippen MR) is 83.1 cm³/mol. The van der Waals surface area contributed by atoms with Crippen LogP contribution in [-0.2, 0) is 6.42 Å². The first-order chi connectivity index (χ1) is 10.1. The maximum absolute atomic E-state index is 14.2. The van der Waals surface area contributed by atoms with Gasteiger partial charge in [0.2, 0.25) is 0 Å². The number of rotatable bonds is 1. The molecule has 112 valence electrons. The van der Waals surface area contributed by atoms with Crippen molar-refractivity contribution >= 4 is 17.3 Å². The highest BCUT2D eigenvalue weighted by Gasteiger charge is 2.55. The molecule has 1 N–H and O–H groups in total. The van der Waals surface area contributed by atoms with Crippen LogP contribution < -0.4 is 5.32 Å². The van der Waals surface area contributed by atoms with Gasteiger partial charge in [0.25, 0.3) is 0 Å². The summed E-state index contributed by atoms with van der Waals surface area (Å²) in [5.41, 5.74) is 2.23. The van der Waals surface area contributed by atoms with Gasteiger partial charge in [0, 0.05) is 11.1 Å². The first-order valence-corrected chi connectivity index (χ1v) is 8.73. The number of hydrogen-bond acceptors (Lipinski definition) is 1. The number of nitrogens with one attached hydrogen (secondary N) is 1. The van der Waals surface area contributed by atoms with E-state index in [-0.39, 0.29) is 5.82 Å². The molecule has 4 aliphatic carbocycles. The van der Waals surface area contributed by atoms with Crippen LogP contribution in [0.2, 0.25) is 5.02 Å². The second kappa shape index (κ2) is 4.16. The minimum atomic E-state index is -0.176. The predicted octanol–water partition coefficient (Wildman–Crippen LogP) is 5.03. The lowest BCUT2D eigenvalue weighted by atomic mass is 9.47. The first-order valence-electron chi connectivity index (χ1n) is 8.36. The largest absolute Gasteiger partial charge is 0.379 e. The normalized spacial score (nSPS) is 43.0. The zero-order valence-electron chi connectivity index (χ0n) is 12.2. The minimum Gasteiger partial charge on any atom is -0.379 e. The Morgan fingerprint density at radius 2 is 1.67 bits per heavy atom. The zero-order valence-corrected chi connectivity index (χ0v) is 12.9. The fraction of sp³-hybridized carbons (Fsp3) is 0.667. The van der Waals surface area contributed by atoms with E-state index in [9.17, 15) is 4.39 Å². The van der Waals surface area contributed by atoms with Crippen LogP contribution in [0.25, 0.3) is 0 Å². The summed E-state index contributed by atoms with van der Waals surface area (Å²) in [5.74, 6) is 2.64. The van der Waals surface area contributed by atoms with E-state index < -0.39 is 0 Å². The highest BCUT2D eigenvalue weighted by Crippen LogP contribution is 2.62. The molecule has 3 heteroatoms. The van der Waals surface area contributed by atoms with E-state index in [0.717, 1.165) is 35.4 Å². The van der Waals surface area contributed by atoms with Gasteiger partial charge in [-0.05, 0) is 85.8 Å². The molecule has 1 aliphatic heterocycles. The van der Waals surface area contributed by atoms with Crippen LogP contribution in [0.3, 0.4) is 0 Å². The van der Waals surface area contributed by atoms with Crippen LogP contribution >= 0.6 is 11.6 Å². The Morgan fingerprint density at radius 1 is 1.05 bits per heavy atom. The molecular formula is C18H21ClFN. The fourth-order valence-electron chi connectivity index (χ4n) is 6.37. The van der Waals surface area contributed by atoms with Crippen molar-refractivity contribution in [1.82, 2.24) is 0 Å². The van der Waals surface area contributed by atoms with Crippen LogP contribution in [0.5, 0.6) is 0 Å². The molecule has 1 nitrogen and oxygen atoms in total. The summed E-state index contributed by atoms with van der Waals surface area (Å²) in [6, 6.07) is 3.82. The van der Waals surface area contributed by atoms with Gasteiger partial charge in [-0.25, -0.2) is 4.39 Å². The van der Waals surface area contributed by atoms with Crippen molar-refractivity contribution < 1.29 is 4.39 Å². The Balaban J connectivity index is 1.49. The Morgan fingerprint density at radius 3 is 2.29 bits per heavy atom. The molecule has 1 heterocycles. The number of anilines is 1. The molecule has 1 aromatic carbocycles. The number of halogens is 2. The Kier molecular flexibility index (Phi) is 2.52. The SMILES string of the molecule is Fc1cc(Cl)cc2c1NC(C13CC4CC(CC(C4)C1)C3)C2. The molecule has 4 saturated carbocycles. The lowest BCUT2D eigenvalue weighted by Gasteiger charge is -2.59. The highest BCUT2D eigenvalue weighted by molar-refractivity contribution is 6.30. The van der Waals surface area contributed by atoms with Crippen LogP contribution in [0.15, 0.2) is 12.1 Å². The van der Waals surface area contributed by atoms with Gasteiger partial charge in [-0.15, -0.1) is 0 Å². The summed E-state index contributed by atoms with van der Waals surface area (Å²) < 4.78 is 14.2. The summed E-state index contributed by atoms with van der Waals surface area (Å²) in [7, 11) is 0. The van der Waals surface area contributed by atoms with E-state index in [1.807, 2.05) is 6.07 Å². The quantitative estimate of drug-likeness (QED) is 0.767. The Hall–Kier alpha value is -0.760. The third-order valence-corrected chi connectivity index (χ3v) is 6.92. The van der Waals surface area contributed by atoms with Crippen molar-refractivity contribution in [2.75, 3.05) is 5.32 Å². The third-order valence-electron chi connectivity index (χ3n) is 6.70. The molecule has 6 rings (SSSR count). The van der Waals surface area contributed by atoms with E-state index in [1.54, 1.807) is 0 Å². The molecule has 0 spiro atoms. The van der Waals surface area contributed by atoms with Crippen LogP contribution in [0.1, 0.15) is 44.1 Å². The molecule has 21 heavy (non-hydrogen) atoms. The topological polar surface area (TPSA) is 12.0 Å².